The second-order valence-corrected chi connectivity index (χ2v) is 7.11. The van der Waals surface area contributed by atoms with Gasteiger partial charge in [-0.05, 0) is 24.1 Å². The van der Waals surface area contributed by atoms with Crippen LogP contribution in [0.15, 0.2) is 39.4 Å². The lowest BCUT2D eigenvalue weighted by Gasteiger charge is -2.26. The number of morpholine rings is 1. The van der Waals surface area contributed by atoms with E-state index in [4.69, 9.17) is 25.8 Å². The highest BCUT2D eigenvalue weighted by atomic mass is 35.5. The molecule has 3 aliphatic rings. The third-order valence-corrected chi connectivity index (χ3v) is 5.05. The molecule has 0 radical (unpaired) electrons. The van der Waals surface area contributed by atoms with E-state index in [0.29, 0.717) is 29.8 Å². The van der Waals surface area contributed by atoms with E-state index in [9.17, 15) is 0 Å². The molecule has 0 bridgehead atoms. The van der Waals surface area contributed by atoms with E-state index in [0.717, 1.165) is 62.0 Å². The van der Waals surface area contributed by atoms with Gasteiger partial charge < -0.3 is 14.2 Å². The average molecular weight is 403 g/mol. The molecule has 1 fully saturated rings. The number of methoxy groups -OCH3 is 1. The maximum atomic E-state index is 6.03. The molecule has 28 heavy (non-hydrogen) atoms. The van der Waals surface area contributed by atoms with E-state index in [1.807, 2.05) is 12.1 Å². The van der Waals surface area contributed by atoms with Crippen LogP contribution in [-0.2, 0) is 11.2 Å². The first-order valence-electron chi connectivity index (χ1n) is 9.43. The molecule has 0 aromatic heterocycles. The molecule has 4 rings (SSSR count). The van der Waals surface area contributed by atoms with Crippen molar-refractivity contribution < 1.29 is 14.2 Å². The monoisotopic (exact) mass is 402 g/mol. The molecule has 8 heteroatoms. The minimum atomic E-state index is 0.369. The number of halogens is 1. The molecule has 148 valence electrons. The molecule has 0 unspecified atom stereocenters. The van der Waals surface area contributed by atoms with Gasteiger partial charge in [0.25, 0.3) is 0 Å². The quantitative estimate of drug-likeness (QED) is 0.686. The van der Waals surface area contributed by atoms with Gasteiger partial charge in [0.15, 0.2) is 17.3 Å². The number of hydrogen-bond donors (Lipinski definition) is 0. The van der Waals surface area contributed by atoms with Gasteiger partial charge in [-0.15, -0.1) is 0 Å². The van der Waals surface area contributed by atoms with Crippen molar-refractivity contribution in [2.75, 3.05) is 46.6 Å². The Morgan fingerprint density at radius 1 is 1.18 bits per heavy atom. The van der Waals surface area contributed by atoms with Gasteiger partial charge in [-0.3, -0.25) is 9.89 Å². The van der Waals surface area contributed by atoms with Crippen LogP contribution in [0.4, 0.5) is 5.69 Å². The van der Waals surface area contributed by atoms with Crippen LogP contribution in [0.25, 0.3) is 0 Å². The number of allylic oxidation sites excluding steroid dienone is 1. The third kappa shape index (κ3) is 4.43. The van der Waals surface area contributed by atoms with Gasteiger partial charge in [-0.2, -0.15) is 0 Å². The Morgan fingerprint density at radius 2 is 2.04 bits per heavy atom. The Kier molecular flexibility index (Phi) is 6.04. The molecular formula is C20H23ClN4O3. The lowest BCUT2D eigenvalue weighted by molar-refractivity contribution is 0.0357. The van der Waals surface area contributed by atoms with Gasteiger partial charge in [-0.1, -0.05) is 11.6 Å². The summed E-state index contributed by atoms with van der Waals surface area (Å²) in [5, 5.41) is 0.369. The summed E-state index contributed by atoms with van der Waals surface area (Å²) in [5.74, 6) is 1.94. The SMILES string of the molecule is COc1cc2c(cc1OCCCN1CCOCC1)CC1=NC=CC(Cl)=NC1=N2. The summed E-state index contributed by atoms with van der Waals surface area (Å²) < 4.78 is 16.9. The molecule has 3 heterocycles. The zero-order valence-electron chi connectivity index (χ0n) is 15.9. The first-order chi connectivity index (χ1) is 13.7. The Morgan fingerprint density at radius 3 is 2.86 bits per heavy atom. The Bertz CT molecular complexity index is 857. The van der Waals surface area contributed by atoms with E-state index in [1.54, 1.807) is 19.4 Å². The number of amidine groups is 1. The molecule has 0 spiro atoms. The van der Waals surface area contributed by atoms with Crippen molar-refractivity contribution in [3.05, 3.63) is 30.0 Å². The van der Waals surface area contributed by atoms with Gasteiger partial charge >= 0.3 is 0 Å². The molecule has 0 amide bonds. The van der Waals surface area contributed by atoms with Gasteiger partial charge in [0, 0.05) is 38.3 Å². The van der Waals surface area contributed by atoms with Crippen LogP contribution in [0.1, 0.15) is 12.0 Å². The van der Waals surface area contributed by atoms with E-state index in [2.05, 4.69) is 19.9 Å². The van der Waals surface area contributed by atoms with Gasteiger partial charge in [0.1, 0.15) is 5.17 Å². The van der Waals surface area contributed by atoms with Gasteiger partial charge in [0.2, 0.25) is 0 Å². The molecule has 1 saturated heterocycles. The maximum absolute atomic E-state index is 6.03. The Hall–Kier alpha value is -2.22. The summed E-state index contributed by atoms with van der Waals surface area (Å²) in [7, 11) is 1.63. The Labute approximate surface area is 169 Å². The van der Waals surface area contributed by atoms with Crippen molar-refractivity contribution in [2.45, 2.75) is 12.8 Å². The van der Waals surface area contributed by atoms with Crippen molar-refractivity contribution in [3.63, 3.8) is 0 Å². The summed E-state index contributed by atoms with van der Waals surface area (Å²) >= 11 is 6.03. The number of fused-ring (bicyclic) bond motifs is 2. The minimum absolute atomic E-state index is 0.369. The molecule has 0 aliphatic carbocycles. The number of nitrogens with zero attached hydrogens (tertiary/aromatic N) is 4. The summed E-state index contributed by atoms with van der Waals surface area (Å²) in [5.41, 5.74) is 2.64. The van der Waals surface area contributed by atoms with E-state index < -0.39 is 0 Å². The highest BCUT2D eigenvalue weighted by Gasteiger charge is 2.22. The van der Waals surface area contributed by atoms with Crippen molar-refractivity contribution in [3.8, 4) is 11.5 Å². The lowest BCUT2D eigenvalue weighted by atomic mass is 10.0. The largest absolute Gasteiger partial charge is 0.493 e. The third-order valence-electron chi connectivity index (χ3n) is 4.84. The van der Waals surface area contributed by atoms with Crippen molar-refractivity contribution in [2.24, 2.45) is 15.0 Å². The zero-order valence-corrected chi connectivity index (χ0v) is 16.6. The molecule has 7 nitrogen and oxygen atoms in total. The van der Waals surface area contributed by atoms with Crippen molar-refractivity contribution >= 4 is 34.0 Å². The first kappa shape index (κ1) is 19.1. The number of hydrogen-bond acceptors (Lipinski definition) is 7. The van der Waals surface area contributed by atoms with Gasteiger partial charge in [-0.25, -0.2) is 9.98 Å². The van der Waals surface area contributed by atoms with Crippen LogP contribution in [0.2, 0.25) is 0 Å². The Balaban J connectivity index is 1.46. The van der Waals surface area contributed by atoms with Crippen LogP contribution in [-0.4, -0.2) is 68.2 Å². The van der Waals surface area contributed by atoms with Crippen molar-refractivity contribution in [1.82, 2.24) is 4.90 Å². The van der Waals surface area contributed by atoms with E-state index >= 15 is 0 Å². The summed E-state index contributed by atoms with van der Waals surface area (Å²) in [6.45, 7) is 5.25. The highest BCUT2D eigenvalue weighted by Crippen LogP contribution is 2.37. The van der Waals surface area contributed by atoms with Crippen LogP contribution < -0.4 is 9.47 Å². The number of ether oxygens (including phenoxy) is 3. The minimum Gasteiger partial charge on any atom is -0.493 e. The van der Waals surface area contributed by atoms with Crippen LogP contribution in [0.3, 0.4) is 0 Å². The highest BCUT2D eigenvalue weighted by molar-refractivity contribution is 6.70. The zero-order chi connectivity index (χ0) is 19.3. The maximum Gasteiger partial charge on any atom is 0.176 e. The second-order valence-electron chi connectivity index (χ2n) is 6.73. The molecular weight excluding hydrogens is 380 g/mol. The van der Waals surface area contributed by atoms with Crippen LogP contribution in [0.5, 0.6) is 11.5 Å². The number of rotatable bonds is 6. The number of aliphatic imine (C=N–C) groups is 3. The fourth-order valence-electron chi connectivity index (χ4n) is 3.36. The van der Waals surface area contributed by atoms with E-state index in [-0.39, 0.29) is 0 Å². The standard InChI is InChI=1S/C20H23ClN4O3/c1-26-17-13-15-14(11-16-20(23-15)24-19(21)3-4-22-16)12-18(17)28-8-2-5-25-6-9-27-10-7-25/h3-4,12-13H,2,5-11H2,1H3. The summed E-state index contributed by atoms with van der Waals surface area (Å²) in [6.07, 6.45) is 4.89. The summed E-state index contributed by atoms with van der Waals surface area (Å²) in [4.78, 5) is 15.7. The molecule has 0 atom stereocenters. The van der Waals surface area contributed by atoms with Gasteiger partial charge in [0.05, 0.1) is 38.3 Å². The summed E-state index contributed by atoms with van der Waals surface area (Å²) in [6, 6.07) is 3.88. The molecule has 0 saturated carbocycles. The predicted molar refractivity (Wildman–Crippen MR) is 111 cm³/mol. The normalized spacial score (nSPS) is 19.0. The average Bonchev–Trinajstić information content (AvgIpc) is 2.89. The first-order valence-corrected chi connectivity index (χ1v) is 9.81. The predicted octanol–water partition coefficient (Wildman–Crippen LogP) is 2.99. The number of benzene rings is 1. The van der Waals surface area contributed by atoms with Crippen LogP contribution >= 0.6 is 11.6 Å². The fraction of sp³-hybridized carbons (Fsp3) is 0.450. The molecule has 0 N–H and O–H groups in total. The topological polar surface area (TPSA) is 68.0 Å². The van der Waals surface area contributed by atoms with Crippen molar-refractivity contribution in [1.29, 1.82) is 0 Å². The molecule has 3 aliphatic heterocycles. The second kappa shape index (κ2) is 8.86. The fourth-order valence-corrected chi connectivity index (χ4v) is 3.50. The van der Waals surface area contributed by atoms with E-state index in [1.165, 1.54) is 0 Å². The van der Waals surface area contributed by atoms with Crippen LogP contribution in [0, 0.1) is 0 Å². The smallest absolute Gasteiger partial charge is 0.176 e. The molecule has 1 aromatic carbocycles. The molecule has 1 aromatic rings. The lowest BCUT2D eigenvalue weighted by Crippen LogP contribution is -2.37.